The molecule has 2 heterocycles. The summed E-state index contributed by atoms with van der Waals surface area (Å²) in [5, 5.41) is 0.358. The molecule has 0 unspecified atom stereocenters. The minimum Gasteiger partial charge on any atom is -0.336 e. The van der Waals surface area contributed by atoms with Crippen LogP contribution < -0.4 is 4.31 Å². The molecule has 0 N–H and O–H groups in total. The molecule has 2 aliphatic rings. The number of hydrogen-bond acceptors (Lipinski definition) is 4. The number of anilines is 1. The summed E-state index contributed by atoms with van der Waals surface area (Å²) in [4.78, 5) is 16.7. The van der Waals surface area contributed by atoms with E-state index in [1.165, 1.54) is 4.31 Å². The highest BCUT2D eigenvalue weighted by molar-refractivity contribution is 7.92. The van der Waals surface area contributed by atoms with Gasteiger partial charge in [-0.1, -0.05) is 11.6 Å². The molecule has 0 aliphatic carbocycles. The number of piperazine rings is 1. The zero-order valence-corrected chi connectivity index (χ0v) is 15.3. The third-order valence-corrected chi connectivity index (χ3v) is 6.81. The van der Waals surface area contributed by atoms with Crippen molar-refractivity contribution in [2.75, 3.05) is 49.8 Å². The van der Waals surface area contributed by atoms with E-state index >= 15 is 0 Å². The predicted molar refractivity (Wildman–Crippen MR) is 95.2 cm³/mol. The maximum atomic E-state index is 12.8. The second kappa shape index (κ2) is 6.90. The van der Waals surface area contributed by atoms with Gasteiger partial charge in [0.1, 0.15) is 0 Å². The van der Waals surface area contributed by atoms with Gasteiger partial charge in [0.25, 0.3) is 5.91 Å². The summed E-state index contributed by atoms with van der Waals surface area (Å²) >= 11 is 6.22. The topological polar surface area (TPSA) is 60.9 Å². The van der Waals surface area contributed by atoms with Crippen LogP contribution in [0.3, 0.4) is 0 Å². The van der Waals surface area contributed by atoms with Crippen molar-refractivity contribution in [1.29, 1.82) is 0 Å². The van der Waals surface area contributed by atoms with E-state index in [1.807, 2.05) is 7.05 Å². The third-order valence-electron chi connectivity index (χ3n) is 4.61. The van der Waals surface area contributed by atoms with E-state index in [2.05, 4.69) is 4.90 Å². The zero-order chi connectivity index (χ0) is 17.3. The Hall–Kier alpha value is -1.31. The number of sulfonamides is 1. The molecular weight excluding hydrogens is 350 g/mol. The van der Waals surface area contributed by atoms with Crippen molar-refractivity contribution in [3.8, 4) is 0 Å². The lowest BCUT2D eigenvalue weighted by atomic mass is 10.1. The number of carbonyl (C=O) groups excluding carboxylic acids is 1. The molecule has 2 fully saturated rings. The fraction of sp³-hybridized carbons (Fsp3) is 0.562. The average molecular weight is 372 g/mol. The molecule has 132 valence electrons. The summed E-state index contributed by atoms with van der Waals surface area (Å²) in [6, 6.07) is 4.90. The maximum Gasteiger partial charge on any atom is 0.255 e. The van der Waals surface area contributed by atoms with Gasteiger partial charge in [0.2, 0.25) is 10.0 Å². The number of likely N-dealkylation sites (N-methyl/N-ethyl adjacent to an activating group) is 1. The first-order valence-corrected chi connectivity index (χ1v) is 10.1. The molecule has 1 aromatic rings. The number of carbonyl (C=O) groups is 1. The normalized spacial score (nSPS) is 21.8. The van der Waals surface area contributed by atoms with E-state index in [0.717, 1.165) is 19.5 Å². The number of halogens is 1. The summed E-state index contributed by atoms with van der Waals surface area (Å²) in [6.07, 6.45) is 1.50. The zero-order valence-electron chi connectivity index (χ0n) is 13.7. The van der Waals surface area contributed by atoms with E-state index in [1.54, 1.807) is 23.1 Å². The third kappa shape index (κ3) is 3.53. The van der Waals surface area contributed by atoms with Crippen molar-refractivity contribution in [3.63, 3.8) is 0 Å². The van der Waals surface area contributed by atoms with Gasteiger partial charge in [-0.2, -0.15) is 0 Å². The van der Waals surface area contributed by atoms with Crippen molar-refractivity contribution in [2.24, 2.45) is 0 Å². The number of benzene rings is 1. The SMILES string of the molecule is CN1CCN(C(=O)c2cc(N3CCCCS3(=O)=O)ccc2Cl)CC1. The molecule has 0 aromatic heterocycles. The highest BCUT2D eigenvalue weighted by atomic mass is 35.5. The molecule has 6 nitrogen and oxygen atoms in total. The largest absolute Gasteiger partial charge is 0.336 e. The quantitative estimate of drug-likeness (QED) is 0.793. The van der Waals surface area contributed by atoms with Crippen LogP contribution in [0.5, 0.6) is 0 Å². The number of nitrogens with zero attached hydrogens (tertiary/aromatic N) is 3. The summed E-state index contributed by atoms with van der Waals surface area (Å²) in [7, 11) is -1.28. The van der Waals surface area contributed by atoms with E-state index in [4.69, 9.17) is 11.6 Å². The maximum absolute atomic E-state index is 12.8. The molecule has 3 rings (SSSR count). The predicted octanol–water partition coefficient (Wildman–Crippen LogP) is 1.66. The Kier molecular flexibility index (Phi) is 5.03. The van der Waals surface area contributed by atoms with Crippen molar-refractivity contribution >= 4 is 33.2 Å². The number of amides is 1. The van der Waals surface area contributed by atoms with Gasteiger partial charge in [-0.3, -0.25) is 9.10 Å². The van der Waals surface area contributed by atoms with Crippen molar-refractivity contribution < 1.29 is 13.2 Å². The van der Waals surface area contributed by atoms with Crippen LogP contribution >= 0.6 is 11.6 Å². The first kappa shape index (κ1) is 17.5. The Morgan fingerprint density at radius 3 is 2.46 bits per heavy atom. The fourth-order valence-electron chi connectivity index (χ4n) is 3.09. The van der Waals surface area contributed by atoms with Crippen LogP contribution in [-0.4, -0.2) is 69.6 Å². The fourth-order valence-corrected chi connectivity index (χ4v) is 4.92. The Balaban J connectivity index is 1.87. The van der Waals surface area contributed by atoms with Crippen molar-refractivity contribution in [2.45, 2.75) is 12.8 Å². The van der Waals surface area contributed by atoms with Crippen LogP contribution in [0.15, 0.2) is 18.2 Å². The molecule has 0 spiro atoms. The highest BCUT2D eigenvalue weighted by Gasteiger charge is 2.28. The van der Waals surface area contributed by atoms with Crippen LogP contribution in [0.4, 0.5) is 5.69 Å². The standard InChI is InChI=1S/C16H22ClN3O3S/c1-18-7-9-19(10-8-18)16(21)14-12-13(4-5-15(14)17)20-6-2-3-11-24(20,22)23/h4-5,12H,2-3,6-11H2,1H3. The van der Waals surface area contributed by atoms with Gasteiger partial charge < -0.3 is 9.80 Å². The highest BCUT2D eigenvalue weighted by Crippen LogP contribution is 2.28. The summed E-state index contributed by atoms with van der Waals surface area (Å²) in [5.74, 6) is 0.0153. The lowest BCUT2D eigenvalue weighted by molar-refractivity contribution is 0.0664. The lowest BCUT2D eigenvalue weighted by Gasteiger charge is -2.33. The molecule has 0 saturated carbocycles. The molecule has 2 saturated heterocycles. The smallest absolute Gasteiger partial charge is 0.255 e. The van der Waals surface area contributed by atoms with E-state index in [0.29, 0.717) is 42.3 Å². The minimum atomic E-state index is -3.31. The summed E-state index contributed by atoms with van der Waals surface area (Å²) < 4.78 is 26.0. The van der Waals surface area contributed by atoms with Gasteiger partial charge in [0, 0.05) is 32.7 Å². The van der Waals surface area contributed by atoms with Crippen LogP contribution in [0.1, 0.15) is 23.2 Å². The first-order valence-electron chi connectivity index (χ1n) is 8.16. The molecule has 0 atom stereocenters. The minimum absolute atomic E-state index is 0.135. The first-order chi connectivity index (χ1) is 11.4. The van der Waals surface area contributed by atoms with Crippen LogP contribution in [0, 0.1) is 0 Å². The van der Waals surface area contributed by atoms with Crippen molar-refractivity contribution in [3.05, 3.63) is 28.8 Å². The van der Waals surface area contributed by atoms with Crippen LogP contribution in [0.25, 0.3) is 0 Å². The van der Waals surface area contributed by atoms with Crippen molar-refractivity contribution in [1.82, 2.24) is 9.80 Å². The molecule has 2 aliphatic heterocycles. The Morgan fingerprint density at radius 2 is 1.79 bits per heavy atom. The molecule has 0 bridgehead atoms. The molecule has 8 heteroatoms. The monoisotopic (exact) mass is 371 g/mol. The Morgan fingerprint density at radius 1 is 1.08 bits per heavy atom. The van der Waals surface area contributed by atoms with Gasteiger partial charge in [-0.25, -0.2) is 8.42 Å². The molecule has 24 heavy (non-hydrogen) atoms. The molecule has 0 radical (unpaired) electrons. The number of rotatable bonds is 2. The molecular formula is C16H22ClN3O3S. The lowest BCUT2D eigenvalue weighted by Crippen LogP contribution is -2.47. The average Bonchev–Trinajstić information content (AvgIpc) is 2.55. The Labute approximate surface area is 148 Å². The number of hydrogen-bond donors (Lipinski definition) is 0. The van der Waals surface area contributed by atoms with Crippen LogP contribution in [0.2, 0.25) is 5.02 Å². The molecule has 1 amide bonds. The summed E-state index contributed by atoms with van der Waals surface area (Å²) in [5.41, 5.74) is 0.899. The van der Waals surface area contributed by atoms with E-state index in [-0.39, 0.29) is 11.7 Å². The second-order valence-electron chi connectivity index (χ2n) is 6.35. The molecule has 1 aromatic carbocycles. The Bertz CT molecular complexity index is 730. The van der Waals surface area contributed by atoms with Gasteiger partial charge in [-0.15, -0.1) is 0 Å². The van der Waals surface area contributed by atoms with Gasteiger partial charge >= 0.3 is 0 Å². The van der Waals surface area contributed by atoms with Crippen LogP contribution in [-0.2, 0) is 10.0 Å². The van der Waals surface area contributed by atoms with Gasteiger partial charge in [0.05, 0.1) is 22.0 Å². The second-order valence-corrected chi connectivity index (χ2v) is 8.77. The summed E-state index contributed by atoms with van der Waals surface area (Å²) in [6.45, 7) is 3.40. The van der Waals surface area contributed by atoms with Gasteiger partial charge in [-0.05, 0) is 38.1 Å². The van der Waals surface area contributed by atoms with Gasteiger partial charge in [0.15, 0.2) is 0 Å². The van der Waals surface area contributed by atoms with E-state index < -0.39 is 10.0 Å². The van der Waals surface area contributed by atoms with E-state index in [9.17, 15) is 13.2 Å².